The number of aliphatic hydroxyl groups excluding tert-OH is 1. The number of hydrogen-bond donors (Lipinski definition) is 2. The summed E-state index contributed by atoms with van der Waals surface area (Å²) in [5.41, 5.74) is 0.263. The monoisotopic (exact) mass is 501 g/mol. The molecule has 3 rings (SSSR count). The van der Waals surface area contributed by atoms with Crippen LogP contribution in [0, 0.1) is 32.4 Å². The predicted octanol–water partition coefficient (Wildman–Crippen LogP) is 6.38. The molecule has 28 heavy (non-hydrogen) atoms. The van der Waals surface area contributed by atoms with Gasteiger partial charge >= 0.3 is 0 Å². The lowest BCUT2D eigenvalue weighted by Gasteiger charge is -2.55. The van der Waals surface area contributed by atoms with Crippen LogP contribution in [0.2, 0.25) is 0 Å². The van der Waals surface area contributed by atoms with Crippen LogP contribution in [0.15, 0.2) is 16.5 Å². The second kappa shape index (κ2) is 8.97. The van der Waals surface area contributed by atoms with Crippen molar-refractivity contribution >= 4 is 22.6 Å². The van der Waals surface area contributed by atoms with Crippen LogP contribution in [-0.4, -0.2) is 17.3 Å². The summed E-state index contributed by atoms with van der Waals surface area (Å²) in [4.78, 5) is 0. The highest BCUT2D eigenvalue weighted by atomic mass is 127. The zero-order valence-electron chi connectivity index (χ0n) is 18.4. The molecule has 0 saturated heterocycles. The van der Waals surface area contributed by atoms with Crippen molar-refractivity contribution < 1.29 is 9.52 Å². The molecule has 4 heteroatoms. The number of furan rings is 1. The van der Waals surface area contributed by atoms with Gasteiger partial charge in [-0.1, -0.05) is 53.9 Å². The molecule has 3 nitrogen and oxygen atoms in total. The highest BCUT2D eigenvalue weighted by molar-refractivity contribution is 14.1. The SMILES string of the molecule is CC(C)CCC[C@@H](C)[C@H]1CC[C@@]2(C)[C@H](O)[C@@H](NCc3ccc(I)o3)CC[C@]12C. The number of rotatable bonds is 8. The number of hydrogen-bond acceptors (Lipinski definition) is 3. The third kappa shape index (κ3) is 4.34. The molecule has 2 fully saturated rings. The lowest BCUT2D eigenvalue weighted by molar-refractivity contribution is -0.113. The van der Waals surface area contributed by atoms with E-state index in [1.807, 2.05) is 12.1 Å². The molecule has 0 aromatic carbocycles. The van der Waals surface area contributed by atoms with Gasteiger partial charge in [0.25, 0.3) is 0 Å². The van der Waals surface area contributed by atoms with Gasteiger partial charge < -0.3 is 14.8 Å². The van der Waals surface area contributed by atoms with Crippen molar-refractivity contribution in [2.75, 3.05) is 0 Å². The minimum absolute atomic E-state index is 0.0114. The Morgan fingerprint density at radius 2 is 1.86 bits per heavy atom. The van der Waals surface area contributed by atoms with Crippen LogP contribution in [0.25, 0.3) is 0 Å². The van der Waals surface area contributed by atoms with Crippen LogP contribution in [0.5, 0.6) is 0 Å². The van der Waals surface area contributed by atoms with E-state index in [9.17, 15) is 5.11 Å². The Bertz CT molecular complexity index is 644. The summed E-state index contributed by atoms with van der Waals surface area (Å²) >= 11 is 2.20. The summed E-state index contributed by atoms with van der Waals surface area (Å²) in [5.74, 6) is 3.26. The normalized spacial score (nSPS) is 36.6. The molecule has 6 atom stereocenters. The van der Waals surface area contributed by atoms with E-state index in [2.05, 4.69) is 62.5 Å². The smallest absolute Gasteiger partial charge is 0.164 e. The summed E-state index contributed by atoms with van der Waals surface area (Å²) in [5, 5.41) is 15.0. The van der Waals surface area contributed by atoms with Crippen LogP contribution < -0.4 is 5.32 Å². The largest absolute Gasteiger partial charge is 0.454 e. The van der Waals surface area contributed by atoms with Gasteiger partial charge in [0.1, 0.15) is 5.76 Å². The lowest BCUT2D eigenvalue weighted by Crippen LogP contribution is -2.58. The molecule has 0 unspecified atom stereocenters. The molecule has 1 aromatic heterocycles. The van der Waals surface area contributed by atoms with Gasteiger partial charge in [-0.05, 0) is 83.6 Å². The third-order valence-electron chi connectivity index (χ3n) is 8.40. The minimum atomic E-state index is -0.284. The molecule has 1 heterocycles. The molecule has 0 aliphatic heterocycles. The van der Waals surface area contributed by atoms with Gasteiger partial charge in [0.15, 0.2) is 3.77 Å². The van der Waals surface area contributed by atoms with Crippen LogP contribution >= 0.6 is 22.6 Å². The Hall–Kier alpha value is -0.0700. The van der Waals surface area contributed by atoms with Gasteiger partial charge in [0.05, 0.1) is 12.6 Å². The van der Waals surface area contributed by atoms with Crippen molar-refractivity contribution in [2.24, 2.45) is 28.6 Å². The summed E-state index contributed by atoms with van der Waals surface area (Å²) in [6, 6.07) is 4.19. The summed E-state index contributed by atoms with van der Waals surface area (Å²) < 4.78 is 6.61. The Kier molecular flexibility index (Phi) is 7.24. The van der Waals surface area contributed by atoms with Crippen LogP contribution in [-0.2, 0) is 6.54 Å². The highest BCUT2D eigenvalue weighted by Gasteiger charge is 2.61. The first kappa shape index (κ1) is 22.6. The Morgan fingerprint density at radius 3 is 2.50 bits per heavy atom. The summed E-state index contributed by atoms with van der Waals surface area (Å²) in [6.45, 7) is 12.7. The van der Waals surface area contributed by atoms with E-state index >= 15 is 0 Å². The van der Waals surface area contributed by atoms with Gasteiger partial charge in [-0.25, -0.2) is 0 Å². The molecule has 0 amide bonds. The van der Waals surface area contributed by atoms with Crippen molar-refractivity contribution in [2.45, 2.75) is 98.3 Å². The van der Waals surface area contributed by atoms with E-state index in [1.165, 1.54) is 32.1 Å². The Labute approximate surface area is 185 Å². The maximum absolute atomic E-state index is 11.4. The van der Waals surface area contributed by atoms with E-state index in [0.29, 0.717) is 6.54 Å². The van der Waals surface area contributed by atoms with E-state index in [1.54, 1.807) is 0 Å². The fourth-order valence-corrected chi connectivity index (χ4v) is 6.81. The number of nitrogens with one attached hydrogen (secondary N) is 1. The highest BCUT2D eigenvalue weighted by Crippen LogP contribution is 2.65. The van der Waals surface area contributed by atoms with Gasteiger partial charge in [-0.15, -0.1) is 0 Å². The lowest BCUT2D eigenvalue weighted by atomic mass is 9.53. The third-order valence-corrected chi connectivity index (χ3v) is 8.98. The van der Waals surface area contributed by atoms with E-state index in [-0.39, 0.29) is 23.0 Å². The zero-order valence-corrected chi connectivity index (χ0v) is 20.6. The molecule has 0 spiro atoms. The fourth-order valence-electron chi connectivity index (χ4n) is 6.35. The minimum Gasteiger partial charge on any atom is -0.454 e. The summed E-state index contributed by atoms with van der Waals surface area (Å²) in [7, 11) is 0. The average Bonchev–Trinajstić information content (AvgIpc) is 3.16. The maximum Gasteiger partial charge on any atom is 0.164 e. The molecule has 2 aliphatic carbocycles. The van der Waals surface area contributed by atoms with Gasteiger partial charge in [0.2, 0.25) is 0 Å². The van der Waals surface area contributed by atoms with Gasteiger partial charge in [-0.3, -0.25) is 0 Å². The van der Waals surface area contributed by atoms with Crippen LogP contribution in [0.1, 0.15) is 85.3 Å². The fraction of sp³-hybridized carbons (Fsp3) is 0.833. The summed E-state index contributed by atoms with van der Waals surface area (Å²) in [6.07, 6.45) is 8.43. The number of aliphatic hydroxyl groups is 1. The molecular formula is C24H40INO2. The van der Waals surface area contributed by atoms with Gasteiger partial charge in [-0.2, -0.15) is 0 Å². The molecule has 160 valence electrons. The molecule has 1 aromatic rings. The quantitative estimate of drug-likeness (QED) is 0.406. The first-order valence-electron chi connectivity index (χ1n) is 11.3. The van der Waals surface area contributed by atoms with Crippen LogP contribution in [0.3, 0.4) is 0 Å². The Morgan fingerprint density at radius 1 is 1.14 bits per heavy atom. The molecule has 0 bridgehead atoms. The first-order valence-corrected chi connectivity index (χ1v) is 12.4. The molecular weight excluding hydrogens is 461 g/mol. The standard InChI is InChI=1S/C24H40INO2/c1-16(2)7-6-8-17(3)19-11-13-24(5)22(27)20(12-14-23(19,24)4)26-15-18-9-10-21(25)28-18/h9-10,16-17,19-20,22,26-27H,6-8,11-15H2,1-5H3/t17-,19-,20+,22-,23-,24+/m1/s1. The van der Waals surface area contributed by atoms with E-state index < -0.39 is 0 Å². The van der Waals surface area contributed by atoms with E-state index in [0.717, 1.165) is 40.1 Å². The second-order valence-corrected chi connectivity index (χ2v) is 11.5. The first-order chi connectivity index (χ1) is 13.2. The van der Waals surface area contributed by atoms with Crippen molar-refractivity contribution in [1.82, 2.24) is 5.32 Å². The topological polar surface area (TPSA) is 45.4 Å². The predicted molar refractivity (Wildman–Crippen MR) is 124 cm³/mol. The zero-order chi connectivity index (χ0) is 20.5. The van der Waals surface area contributed by atoms with E-state index in [4.69, 9.17) is 4.42 Å². The average molecular weight is 501 g/mol. The van der Waals surface area contributed by atoms with Crippen molar-refractivity contribution in [3.8, 4) is 0 Å². The molecule has 0 radical (unpaired) electrons. The van der Waals surface area contributed by atoms with Crippen molar-refractivity contribution in [3.05, 3.63) is 21.7 Å². The molecule has 2 N–H and O–H groups in total. The number of fused-ring (bicyclic) bond motifs is 1. The van der Waals surface area contributed by atoms with Crippen molar-refractivity contribution in [3.63, 3.8) is 0 Å². The van der Waals surface area contributed by atoms with Crippen molar-refractivity contribution in [1.29, 1.82) is 0 Å². The van der Waals surface area contributed by atoms with Gasteiger partial charge in [0, 0.05) is 11.5 Å². The second-order valence-electron chi connectivity index (χ2n) is 10.5. The molecule has 2 aliphatic rings. The Balaban J connectivity index is 1.63. The number of halogens is 1. The molecule has 2 saturated carbocycles. The van der Waals surface area contributed by atoms with Crippen LogP contribution in [0.4, 0.5) is 0 Å². The maximum atomic E-state index is 11.4.